The first kappa shape index (κ1) is 22.9. The number of hydrogen-bond acceptors (Lipinski definition) is 9. The van der Waals surface area contributed by atoms with Crippen molar-refractivity contribution in [1.82, 2.24) is 19.7 Å². The smallest absolute Gasteiger partial charge is 0.277 e. The van der Waals surface area contributed by atoms with E-state index in [1.165, 1.54) is 10.7 Å². The third kappa shape index (κ3) is 4.70. The van der Waals surface area contributed by atoms with Gasteiger partial charge in [0.15, 0.2) is 15.5 Å². The number of nitrogens with zero attached hydrogens (tertiary/aromatic N) is 4. The monoisotopic (exact) mass is 495 g/mol. The Morgan fingerprint density at radius 1 is 1.03 bits per heavy atom. The van der Waals surface area contributed by atoms with E-state index in [4.69, 9.17) is 4.74 Å². The van der Waals surface area contributed by atoms with E-state index in [1.807, 2.05) is 12.1 Å². The molecule has 0 saturated carbocycles. The maximum atomic E-state index is 12.8. The molecule has 5 rings (SSSR count). The van der Waals surface area contributed by atoms with Crippen molar-refractivity contribution in [2.75, 3.05) is 48.1 Å². The average molecular weight is 496 g/mol. The van der Waals surface area contributed by atoms with E-state index in [0.29, 0.717) is 47.3 Å². The Morgan fingerprint density at radius 3 is 2.51 bits per heavy atom. The van der Waals surface area contributed by atoms with Gasteiger partial charge in [-0.05, 0) is 24.3 Å². The number of nitrogens with one attached hydrogen (secondary N) is 3. The first-order valence-electron chi connectivity index (χ1n) is 11.0. The zero-order valence-electron chi connectivity index (χ0n) is 19.3. The van der Waals surface area contributed by atoms with Crippen molar-refractivity contribution in [2.45, 2.75) is 4.90 Å². The Morgan fingerprint density at radius 2 is 1.80 bits per heavy atom. The van der Waals surface area contributed by atoms with Gasteiger partial charge in [-0.15, -0.1) is 0 Å². The van der Waals surface area contributed by atoms with Crippen LogP contribution >= 0.6 is 0 Å². The quantitative estimate of drug-likeness (QED) is 0.368. The van der Waals surface area contributed by atoms with E-state index < -0.39 is 9.84 Å². The summed E-state index contributed by atoms with van der Waals surface area (Å²) >= 11 is 0. The fourth-order valence-corrected chi connectivity index (χ4v) is 4.86. The standard InChI is InChI=1S/C23H25N7O4S/c1-29-23(31)21-17(25-16-5-3-4-6-18(16)35(2,32)33)13-20(27-22(21)28-29)26-19-8-7-15(14-24-19)30-9-11-34-12-10-30/h3-8,13-14H,9-12H2,1-2H3,(H3,24,25,26,27,28). The number of hydrogen-bond donors (Lipinski definition) is 3. The van der Waals surface area contributed by atoms with Crippen LogP contribution < -0.4 is 21.1 Å². The van der Waals surface area contributed by atoms with Gasteiger partial charge >= 0.3 is 0 Å². The Bertz CT molecular complexity index is 1540. The number of morpholine rings is 1. The number of sulfone groups is 1. The van der Waals surface area contributed by atoms with Crippen LogP contribution in [0.25, 0.3) is 11.0 Å². The van der Waals surface area contributed by atoms with E-state index in [9.17, 15) is 13.2 Å². The van der Waals surface area contributed by atoms with Gasteiger partial charge in [0, 0.05) is 32.5 Å². The molecule has 0 radical (unpaired) electrons. The number of ether oxygens (including phenoxy) is 1. The molecule has 12 heteroatoms. The van der Waals surface area contributed by atoms with Crippen LogP contribution in [0.1, 0.15) is 0 Å². The number of anilines is 5. The highest BCUT2D eigenvalue weighted by molar-refractivity contribution is 7.90. The van der Waals surface area contributed by atoms with Gasteiger partial charge in [0.25, 0.3) is 5.56 Å². The molecule has 0 aliphatic carbocycles. The number of aromatic amines is 1. The molecule has 1 aliphatic rings. The van der Waals surface area contributed by atoms with E-state index in [1.54, 1.807) is 37.5 Å². The molecule has 0 atom stereocenters. The van der Waals surface area contributed by atoms with E-state index in [2.05, 4.69) is 30.6 Å². The number of aromatic nitrogens is 4. The second-order valence-electron chi connectivity index (χ2n) is 8.27. The molecule has 3 aromatic heterocycles. The molecule has 4 aromatic rings. The van der Waals surface area contributed by atoms with Crippen LogP contribution in [-0.4, -0.2) is 60.7 Å². The van der Waals surface area contributed by atoms with Crippen LogP contribution in [0.3, 0.4) is 0 Å². The maximum absolute atomic E-state index is 12.8. The summed E-state index contributed by atoms with van der Waals surface area (Å²) < 4.78 is 31.3. The predicted octanol–water partition coefficient (Wildman–Crippen LogP) is 2.38. The molecule has 0 spiro atoms. The van der Waals surface area contributed by atoms with Crippen LogP contribution in [0, 0.1) is 0 Å². The summed E-state index contributed by atoms with van der Waals surface area (Å²) in [6.45, 7) is 3.02. The van der Waals surface area contributed by atoms with Gasteiger partial charge in [-0.25, -0.2) is 18.4 Å². The number of fused-ring (bicyclic) bond motifs is 1. The Balaban J connectivity index is 1.50. The molecule has 4 heterocycles. The largest absolute Gasteiger partial charge is 0.378 e. The zero-order valence-corrected chi connectivity index (χ0v) is 20.1. The summed E-state index contributed by atoms with van der Waals surface area (Å²) in [4.78, 5) is 24.1. The number of pyridine rings is 2. The molecule has 0 unspecified atom stereocenters. The van der Waals surface area contributed by atoms with Crippen LogP contribution in [0.4, 0.5) is 28.7 Å². The molecular weight excluding hydrogens is 470 g/mol. The molecular formula is C23H25N7O4S. The molecule has 1 saturated heterocycles. The summed E-state index contributed by atoms with van der Waals surface area (Å²) in [6.07, 6.45) is 2.93. The summed E-state index contributed by atoms with van der Waals surface area (Å²) in [6, 6.07) is 12.0. The fourth-order valence-electron chi connectivity index (χ4n) is 4.02. The van der Waals surface area contributed by atoms with Gasteiger partial charge < -0.3 is 20.3 Å². The molecule has 35 heavy (non-hydrogen) atoms. The fraction of sp³-hybridized carbons (Fsp3) is 0.261. The minimum atomic E-state index is -3.49. The molecule has 11 nitrogen and oxygen atoms in total. The van der Waals surface area contributed by atoms with Crippen molar-refractivity contribution >= 4 is 49.6 Å². The van der Waals surface area contributed by atoms with Gasteiger partial charge in [-0.1, -0.05) is 12.1 Å². The SMILES string of the molecule is Cn1[nH]c2nc(Nc3ccc(N4CCOCC4)cn3)cc(Nc3ccccc3S(C)(=O)=O)c2c1=O. The number of benzene rings is 1. The molecule has 1 aromatic carbocycles. The number of H-pyrrole nitrogens is 1. The van der Waals surface area contributed by atoms with Crippen LogP contribution in [0.15, 0.2) is 58.4 Å². The highest BCUT2D eigenvalue weighted by Crippen LogP contribution is 2.30. The molecule has 182 valence electrons. The lowest BCUT2D eigenvalue weighted by Gasteiger charge is -2.28. The van der Waals surface area contributed by atoms with Crippen molar-refractivity contribution in [3.8, 4) is 0 Å². The van der Waals surface area contributed by atoms with Crippen molar-refractivity contribution in [3.05, 3.63) is 59.0 Å². The van der Waals surface area contributed by atoms with Gasteiger partial charge in [-0.3, -0.25) is 14.6 Å². The summed E-state index contributed by atoms with van der Waals surface area (Å²) in [5.74, 6) is 1.01. The maximum Gasteiger partial charge on any atom is 0.277 e. The van der Waals surface area contributed by atoms with Gasteiger partial charge in [0.2, 0.25) is 0 Å². The lowest BCUT2D eigenvalue weighted by atomic mass is 10.2. The zero-order chi connectivity index (χ0) is 24.6. The highest BCUT2D eigenvalue weighted by Gasteiger charge is 2.18. The molecule has 0 amide bonds. The number of para-hydroxylation sites is 1. The minimum absolute atomic E-state index is 0.132. The Kier molecular flexibility index (Phi) is 5.91. The van der Waals surface area contributed by atoms with E-state index >= 15 is 0 Å². The number of aryl methyl sites for hydroxylation is 1. The molecule has 1 fully saturated rings. The topological polar surface area (TPSA) is 134 Å². The summed E-state index contributed by atoms with van der Waals surface area (Å²) in [7, 11) is -1.90. The van der Waals surface area contributed by atoms with Crippen LogP contribution in [-0.2, 0) is 21.6 Å². The average Bonchev–Trinajstić information content (AvgIpc) is 3.13. The molecule has 3 N–H and O–H groups in total. The number of rotatable bonds is 6. The minimum Gasteiger partial charge on any atom is -0.378 e. The van der Waals surface area contributed by atoms with Crippen LogP contribution in [0.5, 0.6) is 0 Å². The van der Waals surface area contributed by atoms with Crippen LogP contribution in [0.2, 0.25) is 0 Å². The normalized spacial score (nSPS) is 14.3. The third-order valence-corrected chi connectivity index (χ3v) is 6.90. The van der Waals surface area contributed by atoms with Gasteiger partial charge in [0.1, 0.15) is 17.0 Å². The lowest BCUT2D eigenvalue weighted by molar-refractivity contribution is 0.122. The Labute approximate surface area is 201 Å². The summed E-state index contributed by atoms with van der Waals surface area (Å²) in [5, 5.41) is 9.54. The molecule has 1 aliphatic heterocycles. The second kappa shape index (κ2) is 9.04. The van der Waals surface area contributed by atoms with Crippen molar-refractivity contribution < 1.29 is 13.2 Å². The van der Waals surface area contributed by atoms with Crippen molar-refractivity contribution in [1.29, 1.82) is 0 Å². The predicted molar refractivity (Wildman–Crippen MR) is 135 cm³/mol. The van der Waals surface area contributed by atoms with Crippen molar-refractivity contribution in [2.24, 2.45) is 7.05 Å². The van der Waals surface area contributed by atoms with Crippen molar-refractivity contribution in [3.63, 3.8) is 0 Å². The first-order chi connectivity index (χ1) is 16.8. The molecule has 0 bridgehead atoms. The van der Waals surface area contributed by atoms with E-state index in [-0.39, 0.29) is 10.5 Å². The lowest BCUT2D eigenvalue weighted by Crippen LogP contribution is -2.36. The highest BCUT2D eigenvalue weighted by atomic mass is 32.2. The Hall–Kier alpha value is -3.90. The van der Waals surface area contributed by atoms with E-state index in [0.717, 1.165) is 25.0 Å². The summed E-state index contributed by atoms with van der Waals surface area (Å²) in [5.41, 5.74) is 1.86. The first-order valence-corrected chi connectivity index (χ1v) is 12.9. The van der Waals surface area contributed by atoms with Gasteiger partial charge in [0.05, 0.1) is 41.4 Å². The second-order valence-corrected chi connectivity index (χ2v) is 10.3. The third-order valence-electron chi connectivity index (χ3n) is 5.75. The van der Waals surface area contributed by atoms with Gasteiger partial charge in [-0.2, -0.15) is 0 Å².